The minimum Gasteiger partial charge on any atom is -0.356 e. The van der Waals surface area contributed by atoms with E-state index in [2.05, 4.69) is 36.9 Å². The average Bonchev–Trinajstić information content (AvgIpc) is 3.25. The van der Waals surface area contributed by atoms with Crippen molar-refractivity contribution in [3.63, 3.8) is 0 Å². The molecule has 2 aromatic heterocycles. The molecule has 2 aromatic rings. The van der Waals surface area contributed by atoms with Gasteiger partial charge in [0.1, 0.15) is 0 Å². The van der Waals surface area contributed by atoms with Gasteiger partial charge >= 0.3 is 0 Å². The molecule has 0 spiro atoms. The Morgan fingerprint density at radius 2 is 2.33 bits per heavy atom. The highest BCUT2D eigenvalue weighted by Crippen LogP contribution is 2.26. The second-order valence-corrected chi connectivity index (χ2v) is 7.02. The van der Waals surface area contributed by atoms with Crippen molar-refractivity contribution in [2.45, 2.75) is 25.7 Å². The third-order valence-electron chi connectivity index (χ3n) is 4.23. The number of aromatic nitrogens is 3. The number of halogens is 1. The van der Waals surface area contributed by atoms with Crippen LogP contribution in [0.2, 0.25) is 0 Å². The predicted octanol–water partition coefficient (Wildman–Crippen LogP) is 2.41. The average molecular weight is 460 g/mol. The zero-order valence-electron chi connectivity index (χ0n) is 14.4. The maximum absolute atomic E-state index is 4.50. The minimum atomic E-state index is 0. The van der Waals surface area contributed by atoms with Crippen molar-refractivity contribution in [2.24, 2.45) is 12.0 Å². The first-order valence-electron chi connectivity index (χ1n) is 8.01. The normalized spacial score (nSPS) is 17.9. The molecule has 1 aliphatic heterocycles. The molecule has 0 aromatic carbocycles. The van der Waals surface area contributed by atoms with Gasteiger partial charge < -0.3 is 10.2 Å². The smallest absolute Gasteiger partial charge is 0.193 e. The van der Waals surface area contributed by atoms with E-state index in [0.717, 1.165) is 49.1 Å². The summed E-state index contributed by atoms with van der Waals surface area (Å²) >= 11 is 1.71. The maximum Gasteiger partial charge on any atom is 0.193 e. The minimum absolute atomic E-state index is 0. The van der Waals surface area contributed by atoms with Crippen LogP contribution < -0.4 is 5.32 Å². The first kappa shape index (κ1) is 19.2. The molecule has 1 N–H and O–H groups in total. The third-order valence-corrected chi connectivity index (χ3v) is 5.05. The summed E-state index contributed by atoms with van der Waals surface area (Å²) in [4.78, 5) is 11.3. The highest BCUT2D eigenvalue weighted by atomic mass is 127. The first-order chi connectivity index (χ1) is 11.2. The number of rotatable bonds is 4. The summed E-state index contributed by atoms with van der Waals surface area (Å²) in [6.45, 7) is 4.95. The SMILES string of the molecule is CN=C(NCCc1csc(C)n1)N1CCC(c2cnn(C)c2)C1.I. The Hall–Kier alpha value is -1.16. The molecule has 0 radical (unpaired) electrons. The molecule has 0 aliphatic carbocycles. The fourth-order valence-electron chi connectivity index (χ4n) is 3.03. The Balaban J connectivity index is 0.00000208. The summed E-state index contributed by atoms with van der Waals surface area (Å²) in [5, 5.41) is 11.0. The lowest BCUT2D eigenvalue weighted by atomic mass is 10.0. The molecule has 24 heavy (non-hydrogen) atoms. The van der Waals surface area contributed by atoms with E-state index in [4.69, 9.17) is 0 Å². The highest BCUT2D eigenvalue weighted by Gasteiger charge is 2.26. The Morgan fingerprint density at radius 1 is 1.50 bits per heavy atom. The lowest BCUT2D eigenvalue weighted by Crippen LogP contribution is -2.40. The molecule has 1 fully saturated rings. The van der Waals surface area contributed by atoms with Gasteiger partial charge in [-0.05, 0) is 18.9 Å². The molecule has 6 nitrogen and oxygen atoms in total. The second kappa shape index (κ2) is 8.80. The van der Waals surface area contributed by atoms with Gasteiger partial charge in [-0.15, -0.1) is 35.3 Å². The predicted molar refractivity (Wildman–Crippen MR) is 109 cm³/mol. The van der Waals surface area contributed by atoms with E-state index in [9.17, 15) is 0 Å². The molecule has 0 saturated carbocycles. The second-order valence-electron chi connectivity index (χ2n) is 5.96. The number of thiazole rings is 1. The lowest BCUT2D eigenvalue weighted by molar-refractivity contribution is 0.486. The van der Waals surface area contributed by atoms with E-state index in [1.165, 1.54) is 5.56 Å². The van der Waals surface area contributed by atoms with Gasteiger partial charge in [0.15, 0.2) is 5.96 Å². The molecule has 3 heterocycles. The van der Waals surface area contributed by atoms with Crippen LogP contribution in [-0.4, -0.2) is 52.3 Å². The van der Waals surface area contributed by atoms with E-state index in [0.29, 0.717) is 5.92 Å². The fraction of sp³-hybridized carbons (Fsp3) is 0.562. The van der Waals surface area contributed by atoms with Gasteiger partial charge in [-0.3, -0.25) is 9.67 Å². The van der Waals surface area contributed by atoms with Crippen molar-refractivity contribution in [3.05, 3.63) is 34.0 Å². The topological polar surface area (TPSA) is 58.3 Å². The van der Waals surface area contributed by atoms with Crippen molar-refractivity contribution in [3.8, 4) is 0 Å². The molecule has 1 saturated heterocycles. The summed E-state index contributed by atoms with van der Waals surface area (Å²) in [7, 11) is 3.82. The van der Waals surface area contributed by atoms with Gasteiger partial charge in [0, 0.05) is 57.6 Å². The summed E-state index contributed by atoms with van der Waals surface area (Å²) in [6.07, 6.45) is 6.19. The van der Waals surface area contributed by atoms with Crippen LogP contribution in [0.4, 0.5) is 0 Å². The number of guanidine groups is 1. The number of nitrogens with one attached hydrogen (secondary N) is 1. The molecule has 1 unspecified atom stereocenters. The molecule has 1 atom stereocenters. The molecule has 0 amide bonds. The van der Waals surface area contributed by atoms with Crippen LogP contribution in [0.25, 0.3) is 0 Å². The van der Waals surface area contributed by atoms with Crippen molar-refractivity contribution < 1.29 is 0 Å². The highest BCUT2D eigenvalue weighted by molar-refractivity contribution is 14.0. The van der Waals surface area contributed by atoms with Crippen LogP contribution in [0.15, 0.2) is 22.8 Å². The quantitative estimate of drug-likeness (QED) is 0.433. The molecule has 0 bridgehead atoms. The molecule has 3 rings (SSSR count). The summed E-state index contributed by atoms with van der Waals surface area (Å²) in [5.41, 5.74) is 2.48. The van der Waals surface area contributed by atoms with Gasteiger partial charge in [-0.25, -0.2) is 4.98 Å². The van der Waals surface area contributed by atoms with Gasteiger partial charge in [0.05, 0.1) is 16.9 Å². The van der Waals surface area contributed by atoms with Crippen LogP contribution in [0.1, 0.15) is 28.6 Å². The van der Waals surface area contributed by atoms with Crippen LogP contribution in [-0.2, 0) is 13.5 Å². The largest absolute Gasteiger partial charge is 0.356 e. The van der Waals surface area contributed by atoms with E-state index in [1.807, 2.05) is 31.9 Å². The fourth-order valence-corrected chi connectivity index (χ4v) is 3.68. The van der Waals surface area contributed by atoms with Crippen molar-refractivity contribution in [2.75, 3.05) is 26.7 Å². The number of hydrogen-bond acceptors (Lipinski definition) is 4. The molecule has 8 heteroatoms. The Bertz CT molecular complexity index is 680. The maximum atomic E-state index is 4.50. The van der Waals surface area contributed by atoms with Crippen molar-refractivity contribution >= 4 is 41.3 Å². The molecular weight excluding hydrogens is 435 g/mol. The molecule has 1 aliphatic rings. The van der Waals surface area contributed by atoms with Crippen molar-refractivity contribution in [1.82, 2.24) is 25.0 Å². The van der Waals surface area contributed by atoms with E-state index >= 15 is 0 Å². The summed E-state index contributed by atoms with van der Waals surface area (Å²) < 4.78 is 1.88. The standard InChI is InChI=1S/C16H24N6S.HI/c1-12-20-15(11-23-12)4-6-18-16(17-2)22-7-5-13(10-22)14-8-19-21(3)9-14;/h8-9,11,13H,4-7,10H2,1-3H3,(H,17,18);1H. The van der Waals surface area contributed by atoms with Gasteiger partial charge in [0.25, 0.3) is 0 Å². The number of aliphatic imine (C=N–C) groups is 1. The van der Waals surface area contributed by atoms with E-state index in [1.54, 1.807) is 11.3 Å². The van der Waals surface area contributed by atoms with Crippen LogP contribution >= 0.6 is 35.3 Å². The Kier molecular flexibility index (Phi) is 7.02. The number of hydrogen-bond donors (Lipinski definition) is 1. The monoisotopic (exact) mass is 460 g/mol. The number of nitrogens with zero attached hydrogens (tertiary/aromatic N) is 5. The number of likely N-dealkylation sites (tertiary alicyclic amines) is 1. The summed E-state index contributed by atoms with van der Waals surface area (Å²) in [6, 6.07) is 0. The lowest BCUT2D eigenvalue weighted by Gasteiger charge is -2.21. The molecular formula is C16H25IN6S. The number of aryl methyl sites for hydroxylation is 2. The van der Waals surface area contributed by atoms with Crippen LogP contribution in [0.5, 0.6) is 0 Å². The Morgan fingerprint density at radius 3 is 2.96 bits per heavy atom. The van der Waals surface area contributed by atoms with Crippen LogP contribution in [0.3, 0.4) is 0 Å². The van der Waals surface area contributed by atoms with Gasteiger partial charge in [-0.1, -0.05) is 0 Å². The zero-order chi connectivity index (χ0) is 16.2. The first-order valence-corrected chi connectivity index (χ1v) is 8.89. The van der Waals surface area contributed by atoms with Crippen molar-refractivity contribution in [1.29, 1.82) is 0 Å². The van der Waals surface area contributed by atoms with E-state index in [-0.39, 0.29) is 24.0 Å². The molecule has 132 valence electrons. The van der Waals surface area contributed by atoms with E-state index < -0.39 is 0 Å². The van der Waals surface area contributed by atoms with Crippen LogP contribution in [0, 0.1) is 6.92 Å². The third kappa shape index (κ3) is 4.69. The zero-order valence-corrected chi connectivity index (χ0v) is 17.5. The van der Waals surface area contributed by atoms with Gasteiger partial charge in [0.2, 0.25) is 0 Å². The Labute approximate surface area is 164 Å². The summed E-state index contributed by atoms with van der Waals surface area (Å²) in [5.74, 6) is 1.53. The van der Waals surface area contributed by atoms with Gasteiger partial charge in [-0.2, -0.15) is 5.10 Å².